The van der Waals surface area contributed by atoms with Gasteiger partial charge in [0.2, 0.25) is 0 Å². The third-order valence-electron chi connectivity index (χ3n) is 4.10. The molecular weight excluding hydrogens is 296 g/mol. The monoisotopic (exact) mass is 312 g/mol. The van der Waals surface area contributed by atoms with E-state index in [1.807, 2.05) is 24.8 Å². The summed E-state index contributed by atoms with van der Waals surface area (Å²) in [6.45, 7) is 5.35. The van der Waals surface area contributed by atoms with Crippen LogP contribution < -0.4 is 0 Å². The molecule has 112 valence electrons. The number of thiophene rings is 1. The van der Waals surface area contributed by atoms with E-state index in [0.717, 1.165) is 24.4 Å². The van der Waals surface area contributed by atoms with E-state index in [2.05, 4.69) is 21.5 Å². The predicted octanol–water partition coefficient (Wildman–Crippen LogP) is 2.61. The van der Waals surface area contributed by atoms with Crippen LogP contribution in [-0.4, -0.2) is 31.9 Å². The van der Waals surface area contributed by atoms with Crippen LogP contribution in [0.4, 0.5) is 0 Å². The van der Waals surface area contributed by atoms with Gasteiger partial charge in [0.1, 0.15) is 5.56 Å². The van der Waals surface area contributed by atoms with E-state index in [-0.39, 0.29) is 5.91 Å². The fourth-order valence-electron chi connectivity index (χ4n) is 3.01. The zero-order valence-electron chi connectivity index (χ0n) is 12.5. The second-order valence-electron chi connectivity index (χ2n) is 5.68. The van der Waals surface area contributed by atoms with Gasteiger partial charge in [-0.1, -0.05) is 0 Å². The van der Waals surface area contributed by atoms with Gasteiger partial charge < -0.3 is 4.90 Å². The maximum Gasteiger partial charge on any atom is 0.259 e. The van der Waals surface area contributed by atoms with Crippen molar-refractivity contribution in [3.8, 4) is 0 Å². The molecule has 22 heavy (non-hydrogen) atoms. The fourth-order valence-corrected chi connectivity index (χ4v) is 3.90. The van der Waals surface area contributed by atoms with Gasteiger partial charge in [-0.25, -0.2) is 9.50 Å². The van der Waals surface area contributed by atoms with E-state index in [0.29, 0.717) is 17.8 Å². The number of hydrogen-bond acceptors (Lipinski definition) is 4. The normalized spacial score (nSPS) is 14.4. The largest absolute Gasteiger partial charge is 0.334 e. The number of amides is 1. The summed E-state index contributed by atoms with van der Waals surface area (Å²) in [5, 5.41) is 6.42. The van der Waals surface area contributed by atoms with E-state index in [1.165, 1.54) is 10.4 Å². The number of aromatic nitrogens is 3. The first-order valence-electron chi connectivity index (χ1n) is 7.30. The lowest BCUT2D eigenvalue weighted by atomic mass is 10.1. The van der Waals surface area contributed by atoms with Crippen molar-refractivity contribution >= 4 is 22.9 Å². The summed E-state index contributed by atoms with van der Waals surface area (Å²) >= 11 is 1.78. The van der Waals surface area contributed by atoms with Gasteiger partial charge in [-0.2, -0.15) is 5.10 Å². The molecule has 0 saturated carbocycles. The second-order valence-corrected chi connectivity index (χ2v) is 6.68. The second kappa shape index (κ2) is 4.91. The van der Waals surface area contributed by atoms with Gasteiger partial charge >= 0.3 is 0 Å². The van der Waals surface area contributed by atoms with Crippen LogP contribution in [0.5, 0.6) is 0 Å². The Labute approximate surface area is 132 Å². The Balaban J connectivity index is 1.72. The van der Waals surface area contributed by atoms with E-state index in [1.54, 1.807) is 22.0 Å². The SMILES string of the molecule is Cc1cc(C)n2ncc(C(=O)N3CCc4sccc4C3)c2n1. The summed E-state index contributed by atoms with van der Waals surface area (Å²) < 4.78 is 1.74. The van der Waals surface area contributed by atoms with Gasteiger partial charge in [0.05, 0.1) is 6.20 Å². The Kier molecular flexibility index (Phi) is 3.00. The van der Waals surface area contributed by atoms with E-state index >= 15 is 0 Å². The third kappa shape index (κ3) is 2.02. The molecule has 5 nitrogen and oxygen atoms in total. The molecule has 0 aromatic carbocycles. The van der Waals surface area contributed by atoms with Crippen molar-refractivity contribution in [2.45, 2.75) is 26.8 Å². The molecule has 0 unspecified atom stereocenters. The van der Waals surface area contributed by atoms with Gasteiger partial charge in [0, 0.05) is 29.4 Å². The van der Waals surface area contributed by atoms with Crippen molar-refractivity contribution < 1.29 is 4.79 Å². The lowest BCUT2D eigenvalue weighted by Crippen LogP contribution is -2.35. The summed E-state index contributed by atoms with van der Waals surface area (Å²) in [6.07, 6.45) is 2.57. The van der Waals surface area contributed by atoms with Crippen LogP contribution in [0.25, 0.3) is 5.65 Å². The number of nitrogens with zero attached hydrogens (tertiary/aromatic N) is 4. The predicted molar refractivity (Wildman–Crippen MR) is 85.2 cm³/mol. The van der Waals surface area contributed by atoms with Gasteiger partial charge in [-0.05, 0) is 43.3 Å². The molecule has 4 rings (SSSR count). The average Bonchev–Trinajstić information content (AvgIpc) is 3.11. The quantitative estimate of drug-likeness (QED) is 0.694. The first-order chi connectivity index (χ1) is 10.6. The molecule has 0 radical (unpaired) electrons. The van der Waals surface area contributed by atoms with Crippen molar-refractivity contribution in [1.29, 1.82) is 0 Å². The van der Waals surface area contributed by atoms with Crippen LogP contribution in [0.15, 0.2) is 23.7 Å². The highest BCUT2D eigenvalue weighted by Gasteiger charge is 2.25. The maximum absolute atomic E-state index is 12.9. The third-order valence-corrected chi connectivity index (χ3v) is 5.13. The van der Waals surface area contributed by atoms with Crippen molar-refractivity contribution in [1.82, 2.24) is 19.5 Å². The van der Waals surface area contributed by atoms with Crippen LogP contribution in [0.1, 0.15) is 32.2 Å². The molecule has 0 spiro atoms. The van der Waals surface area contributed by atoms with Crippen LogP contribution in [0, 0.1) is 13.8 Å². The van der Waals surface area contributed by atoms with Gasteiger partial charge in [0.15, 0.2) is 5.65 Å². The topological polar surface area (TPSA) is 50.5 Å². The zero-order valence-corrected chi connectivity index (χ0v) is 13.4. The Morgan fingerprint density at radius 2 is 2.23 bits per heavy atom. The number of fused-ring (bicyclic) bond motifs is 2. The molecule has 1 amide bonds. The highest BCUT2D eigenvalue weighted by Crippen LogP contribution is 2.25. The Hall–Kier alpha value is -2.21. The number of aryl methyl sites for hydroxylation is 2. The van der Waals surface area contributed by atoms with Crippen LogP contribution in [-0.2, 0) is 13.0 Å². The van der Waals surface area contributed by atoms with E-state index < -0.39 is 0 Å². The summed E-state index contributed by atoms with van der Waals surface area (Å²) in [4.78, 5) is 20.7. The van der Waals surface area contributed by atoms with Gasteiger partial charge in [-0.15, -0.1) is 11.3 Å². The first-order valence-corrected chi connectivity index (χ1v) is 8.18. The smallest absolute Gasteiger partial charge is 0.259 e. The molecule has 1 aliphatic heterocycles. The summed E-state index contributed by atoms with van der Waals surface area (Å²) in [5.74, 6) is 0.0179. The summed E-state index contributed by atoms with van der Waals surface area (Å²) in [7, 11) is 0. The fraction of sp³-hybridized carbons (Fsp3) is 0.312. The number of carbonyl (C=O) groups is 1. The molecule has 0 N–H and O–H groups in total. The van der Waals surface area contributed by atoms with E-state index in [9.17, 15) is 4.79 Å². The lowest BCUT2D eigenvalue weighted by molar-refractivity contribution is 0.0737. The van der Waals surface area contributed by atoms with Crippen molar-refractivity contribution in [3.63, 3.8) is 0 Å². The molecule has 0 fully saturated rings. The standard InChI is InChI=1S/C16H16N4OS/c1-10-7-11(2)20-15(18-10)13(8-17-20)16(21)19-5-3-14-12(9-19)4-6-22-14/h4,6-8H,3,5,9H2,1-2H3. The molecule has 0 atom stereocenters. The number of carbonyl (C=O) groups excluding carboxylic acids is 1. The molecule has 6 heteroatoms. The van der Waals surface area contributed by atoms with Gasteiger partial charge in [-0.3, -0.25) is 4.79 Å². The minimum absolute atomic E-state index is 0.0179. The molecule has 3 aromatic heterocycles. The van der Waals surface area contributed by atoms with Gasteiger partial charge in [0.25, 0.3) is 5.91 Å². The minimum Gasteiger partial charge on any atom is -0.334 e. The van der Waals surface area contributed by atoms with Crippen molar-refractivity contribution in [2.24, 2.45) is 0 Å². The van der Waals surface area contributed by atoms with Crippen molar-refractivity contribution in [3.05, 3.63) is 51.1 Å². The highest BCUT2D eigenvalue weighted by molar-refractivity contribution is 7.10. The van der Waals surface area contributed by atoms with E-state index in [4.69, 9.17) is 0 Å². The van der Waals surface area contributed by atoms with Crippen LogP contribution in [0.3, 0.4) is 0 Å². The zero-order chi connectivity index (χ0) is 15.3. The number of rotatable bonds is 1. The maximum atomic E-state index is 12.9. The molecular formula is C16H16N4OS. The Morgan fingerprint density at radius 3 is 3.09 bits per heavy atom. The van der Waals surface area contributed by atoms with Crippen molar-refractivity contribution in [2.75, 3.05) is 6.54 Å². The Morgan fingerprint density at radius 1 is 1.36 bits per heavy atom. The number of hydrogen-bond donors (Lipinski definition) is 0. The molecule has 0 saturated heterocycles. The average molecular weight is 312 g/mol. The molecule has 0 bridgehead atoms. The summed E-state index contributed by atoms with van der Waals surface area (Å²) in [6, 6.07) is 4.08. The molecule has 4 heterocycles. The molecule has 1 aliphatic rings. The summed E-state index contributed by atoms with van der Waals surface area (Å²) in [5.41, 5.74) is 4.39. The van der Waals surface area contributed by atoms with Crippen LogP contribution >= 0.6 is 11.3 Å². The first kappa shape index (κ1) is 13.5. The highest BCUT2D eigenvalue weighted by atomic mass is 32.1. The molecule has 0 aliphatic carbocycles. The molecule has 3 aromatic rings. The Bertz CT molecular complexity index is 880. The lowest BCUT2D eigenvalue weighted by Gasteiger charge is -2.26. The minimum atomic E-state index is 0.0179. The van der Waals surface area contributed by atoms with Crippen LogP contribution in [0.2, 0.25) is 0 Å².